The summed E-state index contributed by atoms with van der Waals surface area (Å²) in [6, 6.07) is 1.81. The number of aromatic nitrogens is 1. The van der Waals surface area contributed by atoms with E-state index in [1.807, 2.05) is 12.1 Å². The molecule has 0 radical (unpaired) electrons. The number of fused-ring (bicyclic) bond motifs is 1. The molecule has 1 atom stereocenters. The van der Waals surface area contributed by atoms with Gasteiger partial charge in [0.1, 0.15) is 5.84 Å². The predicted octanol–water partition coefficient (Wildman–Crippen LogP) is 1.06. The first kappa shape index (κ1) is 7.79. The van der Waals surface area contributed by atoms with Gasteiger partial charge in [0.15, 0.2) is 6.10 Å². The zero-order valence-corrected chi connectivity index (χ0v) is 6.90. The van der Waals surface area contributed by atoms with Crippen LogP contribution in [0.25, 0.3) is 6.08 Å². The third kappa shape index (κ3) is 1.26. The summed E-state index contributed by atoms with van der Waals surface area (Å²) in [5.41, 5.74) is 7.23. The molecule has 2 rings (SSSR count). The molecule has 0 saturated carbocycles. The lowest BCUT2D eigenvalue weighted by Gasteiger charge is -2.20. The van der Waals surface area contributed by atoms with E-state index in [1.165, 1.54) is 6.26 Å². The highest BCUT2D eigenvalue weighted by molar-refractivity contribution is 5.85. The van der Waals surface area contributed by atoms with Crippen LogP contribution in [0.2, 0.25) is 0 Å². The Hall–Kier alpha value is -1.84. The van der Waals surface area contributed by atoms with Crippen LogP contribution in [-0.2, 0) is 4.74 Å². The van der Waals surface area contributed by atoms with Gasteiger partial charge < -0.3 is 10.5 Å². The van der Waals surface area contributed by atoms with Gasteiger partial charge in [0.05, 0.1) is 6.26 Å². The van der Waals surface area contributed by atoms with Gasteiger partial charge in [-0.15, -0.1) is 0 Å². The van der Waals surface area contributed by atoms with E-state index in [1.54, 1.807) is 12.4 Å². The van der Waals surface area contributed by atoms with E-state index in [-0.39, 0.29) is 5.84 Å². The first-order valence-electron chi connectivity index (χ1n) is 3.89. The van der Waals surface area contributed by atoms with Crippen LogP contribution in [0.1, 0.15) is 17.2 Å². The van der Waals surface area contributed by atoms with Crippen molar-refractivity contribution in [2.45, 2.75) is 6.10 Å². The molecular formula is C9H9N3O. The van der Waals surface area contributed by atoms with Crippen molar-refractivity contribution in [2.75, 3.05) is 0 Å². The summed E-state index contributed by atoms with van der Waals surface area (Å²) in [6.07, 6.45) is 6.28. The van der Waals surface area contributed by atoms with E-state index in [0.717, 1.165) is 11.1 Å². The van der Waals surface area contributed by atoms with Gasteiger partial charge in [0.2, 0.25) is 0 Å². The molecule has 0 bridgehead atoms. The van der Waals surface area contributed by atoms with Gasteiger partial charge in [-0.3, -0.25) is 10.4 Å². The summed E-state index contributed by atoms with van der Waals surface area (Å²) in [7, 11) is 0. The molecule has 2 heterocycles. The molecule has 1 aromatic heterocycles. The molecule has 0 fully saturated rings. The minimum absolute atomic E-state index is 0.0109. The summed E-state index contributed by atoms with van der Waals surface area (Å²) < 4.78 is 5.21. The van der Waals surface area contributed by atoms with Gasteiger partial charge in [0.25, 0.3) is 0 Å². The number of nitrogens with zero attached hydrogens (tertiary/aromatic N) is 1. The minimum atomic E-state index is -0.456. The standard InChI is InChI=1S/C9H9N3O/c10-9(11)8-7-1-3-12-5-6(7)2-4-13-8/h1-5,8H,(H3,10,11). The number of nitrogens with two attached hydrogens (primary N) is 1. The van der Waals surface area contributed by atoms with E-state index in [2.05, 4.69) is 4.98 Å². The molecule has 0 amide bonds. The van der Waals surface area contributed by atoms with Crippen molar-refractivity contribution in [1.29, 1.82) is 5.41 Å². The van der Waals surface area contributed by atoms with Gasteiger partial charge in [-0.2, -0.15) is 0 Å². The van der Waals surface area contributed by atoms with E-state index >= 15 is 0 Å². The molecule has 66 valence electrons. The van der Waals surface area contributed by atoms with Crippen molar-refractivity contribution >= 4 is 11.9 Å². The zero-order valence-electron chi connectivity index (χ0n) is 6.90. The topological polar surface area (TPSA) is 72.0 Å². The maximum atomic E-state index is 7.32. The molecule has 1 unspecified atom stereocenters. The van der Waals surface area contributed by atoms with E-state index in [9.17, 15) is 0 Å². The highest BCUT2D eigenvalue weighted by Crippen LogP contribution is 2.26. The molecular weight excluding hydrogens is 166 g/mol. The average Bonchev–Trinajstić information content (AvgIpc) is 2.17. The number of ether oxygens (including phenoxy) is 1. The normalized spacial score (nSPS) is 18.9. The molecule has 0 spiro atoms. The second kappa shape index (κ2) is 2.90. The molecule has 1 aromatic rings. The Kier molecular flexibility index (Phi) is 1.73. The Labute approximate surface area is 75.6 Å². The quantitative estimate of drug-likeness (QED) is 0.495. The highest BCUT2D eigenvalue weighted by atomic mass is 16.5. The largest absolute Gasteiger partial charge is 0.485 e. The molecule has 0 saturated heterocycles. The average molecular weight is 175 g/mol. The Bertz CT molecular complexity index is 373. The maximum absolute atomic E-state index is 7.32. The smallest absolute Gasteiger partial charge is 0.180 e. The van der Waals surface area contributed by atoms with Crippen LogP contribution < -0.4 is 5.73 Å². The maximum Gasteiger partial charge on any atom is 0.180 e. The Morgan fingerprint density at radius 3 is 3.23 bits per heavy atom. The van der Waals surface area contributed by atoms with Gasteiger partial charge >= 0.3 is 0 Å². The number of nitrogens with one attached hydrogen (secondary N) is 1. The van der Waals surface area contributed by atoms with Crippen molar-refractivity contribution in [3.63, 3.8) is 0 Å². The lowest BCUT2D eigenvalue weighted by Crippen LogP contribution is -2.23. The van der Waals surface area contributed by atoms with Crippen LogP contribution in [0.15, 0.2) is 24.7 Å². The number of hydrogen-bond acceptors (Lipinski definition) is 3. The lowest BCUT2D eigenvalue weighted by atomic mass is 10.0. The molecule has 13 heavy (non-hydrogen) atoms. The fourth-order valence-corrected chi connectivity index (χ4v) is 1.30. The van der Waals surface area contributed by atoms with Crippen molar-refractivity contribution < 1.29 is 4.74 Å². The number of amidine groups is 1. The van der Waals surface area contributed by atoms with Gasteiger partial charge in [0, 0.05) is 23.5 Å². The summed E-state index contributed by atoms with van der Waals surface area (Å²) in [4.78, 5) is 3.97. The second-order valence-corrected chi connectivity index (χ2v) is 2.78. The van der Waals surface area contributed by atoms with Crippen LogP contribution in [-0.4, -0.2) is 10.8 Å². The Morgan fingerprint density at radius 1 is 1.62 bits per heavy atom. The van der Waals surface area contributed by atoms with Gasteiger partial charge in [-0.25, -0.2) is 0 Å². The number of hydrogen-bond donors (Lipinski definition) is 2. The molecule has 4 heteroatoms. The van der Waals surface area contributed by atoms with E-state index in [0.29, 0.717) is 0 Å². The third-order valence-corrected chi connectivity index (χ3v) is 1.91. The summed E-state index contributed by atoms with van der Waals surface area (Å²) >= 11 is 0. The van der Waals surface area contributed by atoms with Crippen molar-refractivity contribution in [2.24, 2.45) is 5.73 Å². The summed E-state index contributed by atoms with van der Waals surface area (Å²) in [6.45, 7) is 0. The zero-order chi connectivity index (χ0) is 9.26. The Morgan fingerprint density at radius 2 is 2.46 bits per heavy atom. The molecule has 0 aromatic carbocycles. The molecule has 0 aliphatic carbocycles. The second-order valence-electron chi connectivity index (χ2n) is 2.78. The number of rotatable bonds is 1. The predicted molar refractivity (Wildman–Crippen MR) is 49.0 cm³/mol. The van der Waals surface area contributed by atoms with E-state index in [4.69, 9.17) is 15.9 Å². The van der Waals surface area contributed by atoms with Gasteiger partial charge in [-0.1, -0.05) is 0 Å². The van der Waals surface area contributed by atoms with Crippen LogP contribution >= 0.6 is 0 Å². The van der Waals surface area contributed by atoms with Gasteiger partial charge in [-0.05, 0) is 12.1 Å². The Balaban J connectivity index is 2.49. The number of pyridine rings is 1. The first-order valence-corrected chi connectivity index (χ1v) is 3.89. The summed E-state index contributed by atoms with van der Waals surface area (Å²) in [5.74, 6) is 0.0109. The highest BCUT2D eigenvalue weighted by Gasteiger charge is 2.20. The van der Waals surface area contributed by atoms with Crippen molar-refractivity contribution in [3.05, 3.63) is 35.8 Å². The monoisotopic (exact) mass is 175 g/mol. The molecule has 3 N–H and O–H groups in total. The fraction of sp³-hybridized carbons (Fsp3) is 0.111. The summed E-state index contributed by atoms with van der Waals surface area (Å²) in [5, 5.41) is 7.32. The van der Waals surface area contributed by atoms with E-state index < -0.39 is 6.10 Å². The molecule has 4 nitrogen and oxygen atoms in total. The minimum Gasteiger partial charge on any atom is -0.485 e. The molecule has 1 aliphatic rings. The SMILES string of the molecule is N=C(N)C1OC=Cc2cnccc21. The fourth-order valence-electron chi connectivity index (χ4n) is 1.30. The molecule has 1 aliphatic heterocycles. The van der Waals surface area contributed by atoms with Crippen LogP contribution in [0.4, 0.5) is 0 Å². The van der Waals surface area contributed by atoms with Crippen molar-refractivity contribution in [1.82, 2.24) is 4.98 Å². The third-order valence-electron chi connectivity index (χ3n) is 1.91. The van der Waals surface area contributed by atoms with Crippen LogP contribution in [0.5, 0.6) is 0 Å². The van der Waals surface area contributed by atoms with Crippen LogP contribution in [0, 0.1) is 5.41 Å². The van der Waals surface area contributed by atoms with Crippen LogP contribution in [0.3, 0.4) is 0 Å². The first-order chi connectivity index (χ1) is 6.29. The van der Waals surface area contributed by atoms with Crippen molar-refractivity contribution in [3.8, 4) is 0 Å². The lowest BCUT2D eigenvalue weighted by molar-refractivity contribution is 0.202.